The van der Waals surface area contributed by atoms with E-state index in [1.165, 1.54) is 17.3 Å². The molecule has 0 saturated carbocycles. The maximum atomic E-state index is 11.0. The number of rotatable bonds is 7. The van der Waals surface area contributed by atoms with Gasteiger partial charge in [0.05, 0.1) is 0 Å². The summed E-state index contributed by atoms with van der Waals surface area (Å²) in [7, 11) is 0. The molecule has 0 aliphatic carbocycles. The zero-order chi connectivity index (χ0) is 9.23. The highest BCUT2D eigenvalue weighted by atomic mass is 127. The Morgan fingerprint density at radius 3 is 2.67 bits per heavy atom. The molecule has 12 heavy (non-hydrogen) atoms. The summed E-state index contributed by atoms with van der Waals surface area (Å²) in [5, 5.41) is 2.90. The van der Waals surface area contributed by atoms with Crippen molar-refractivity contribution in [1.82, 2.24) is 5.32 Å². The molecule has 1 N–H and O–H groups in total. The van der Waals surface area contributed by atoms with Crippen molar-refractivity contribution in [3.05, 3.63) is 0 Å². The second-order valence-electron chi connectivity index (χ2n) is 2.85. The minimum Gasteiger partial charge on any atom is -0.356 e. The Bertz CT molecular complexity index is 117. The molecule has 72 valence electrons. The smallest absolute Gasteiger partial charge is 0.219 e. The van der Waals surface area contributed by atoms with Gasteiger partial charge in [-0.3, -0.25) is 4.79 Å². The Labute approximate surface area is 88.6 Å². The normalized spacial score (nSPS) is 9.83. The Morgan fingerprint density at radius 1 is 1.33 bits per heavy atom. The first-order valence-corrected chi connectivity index (χ1v) is 6.16. The third-order valence-corrected chi connectivity index (χ3v) is 2.37. The molecule has 0 aromatic rings. The quantitative estimate of drug-likeness (QED) is 0.434. The third-order valence-electron chi connectivity index (χ3n) is 1.61. The minimum absolute atomic E-state index is 0.201. The molecule has 0 aliphatic rings. The zero-order valence-corrected chi connectivity index (χ0v) is 9.89. The first-order chi connectivity index (χ1) is 5.81. The van der Waals surface area contributed by atoms with E-state index in [2.05, 4.69) is 27.9 Å². The number of carbonyl (C=O) groups is 1. The summed E-state index contributed by atoms with van der Waals surface area (Å²) in [6.45, 7) is 2.88. The van der Waals surface area contributed by atoms with E-state index in [-0.39, 0.29) is 5.91 Å². The summed E-state index contributed by atoms with van der Waals surface area (Å²) >= 11 is 2.38. The van der Waals surface area contributed by atoms with Gasteiger partial charge >= 0.3 is 0 Å². The highest BCUT2D eigenvalue weighted by molar-refractivity contribution is 14.1. The molecule has 0 fully saturated rings. The van der Waals surface area contributed by atoms with Crippen LogP contribution < -0.4 is 5.32 Å². The maximum Gasteiger partial charge on any atom is 0.219 e. The number of hydrogen-bond donors (Lipinski definition) is 1. The molecule has 0 aromatic heterocycles. The first-order valence-electron chi connectivity index (χ1n) is 4.64. The average Bonchev–Trinajstić information content (AvgIpc) is 2.05. The highest BCUT2D eigenvalue weighted by Gasteiger charge is 1.96. The molecule has 0 bridgehead atoms. The number of alkyl halides is 1. The molecular formula is C9H18INO. The van der Waals surface area contributed by atoms with E-state index < -0.39 is 0 Å². The van der Waals surface area contributed by atoms with Crippen molar-refractivity contribution in [2.75, 3.05) is 11.0 Å². The number of carbonyl (C=O) groups excluding carboxylic acids is 1. The molecule has 0 atom stereocenters. The lowest BCUT2D eigenvalue weighted by Crippen LogP contribution is -2.23. The number of hydrogen-bond acceptors (Lipinski definition) is 1. The van der Waals surface area contributed by atoms with Gasteiger partial charge in [-0.05, 0) is 23.7 Å². The molecule has 1 amide bonds. The summed E-state index contributed by atoms with van der Waals surface area (Å²) in [6, 6.07) is 0. The van der Waals surface area contributed by atoms with E-state index in [4.69, 9.17) is 0 Å². The van der Waals surface area contributed by atoms with Gasteiger partial charge in [0.1, 0.15) is 0 Å². The molecule has 0 rings (SSSR count). The SMILES string of the molecule is CCCC(=O)NCCCCCI. The van der Waals surface area contributed by atoms with Crippen LogP contribution in [0.5, 0.6) is 0 Å². The van der Waals surface area contributed by atoms with Crippen molar-refractivity contribution in [2.24, 2.45) is 0 Å². The van der Waals surface area contributed by atoms with Crippen LogP contribution in [0.25, 0.3) is 0 Å². The number of nitrogens with one attached hydrogen (secondary N) is 1. The highest BCUT2D eigenvalue weighted by Crippen LogP contribution is 1.97. The van der Waals surface area contributed by atoms with Crippen LogP contribution in [0.2, 0.25) is 0 Å². The van der Waals surface area contributed by atoms with Gasteiger partial charge in [-0.15, -0.1) is 0 Å². The van der Waals surface area contributed by atoms with E-state index in [0.717, 1.165) is 19.4 Å². The van der Waals surface area contributed by atoms with Crippen molar-refractivity contribution >= 4 is 28.5 Å². The fraction of sp³-hybridized carbons (Fsp3) is 0.889. The Kier molecular flexibility index (Phi) is 9.44. The zero-order valence-electron chi connectivity index (χ0n) is 7.74. The Morgan fingerprint density at radius 2 is 2.08 bits per heavy atom. The summed E-state index contributed by atoms with van der Waals surface area (Å²) in [6.07, 6.45) is 5.24. The summed E-state index contributed by atoms with van der Waals surface area (Å²) in [5.74, 6) is 0.201. The summed E-state index contributed by atoms with van der Waals surface area (Å²) < 4.78 is 1.22. The van der Waals surface area contributed by atoms with Crippen LogP contribution in [0.4, 0.5) is 0 Å². The maximum absolute atomic E-state index is 11.0. The van der Waals surface area contributed by atoms with E-state index in [1.807, 2.05) is 6.92 Å². The van der Waals surface area contributed by atoms with Gasteiger partial charge in [-0.1, -0.05) is 35.9 Å². The molecule has 0 unspecified atom stereocenters. The van der Waals surface area contributed by atoms with Crippen LogP contribution in [0, 0.1) is 0 Å². The van der Waals surface area contributed by atoms with Crippen LogP contribution in [-0.2, 0) is 4.79 Å². The average molecular weight is 283 g/mol. The molecule has 0 radical (unpaired) electrons. The van der Waals surface area contributed by atoms with E-state index in [1.54, 1.807) is 0 Å². The lowest BCUT2D eigenvalue weighted by molar-refractivity contribution is -0.121. The van der Waals surface area contributed by atoms with Crippen molar-refractivity contribution in [3.63, 3.8) is 0 Å². The molecule has 0 spiro atoms. The second-order valence-corrected chi connectivity index (χ2v) is 3.93. The van der Waals surface area contributed by atoms with Crippen molar-refractivity contribution < 1.29 is 4.79 Å². The predicted octanol–water partition coefficient (Wildman–Crippen LogP) is 2.51. The van der Waals surface area contributed by atoms with Crippen LogP contribution in [0.15, 0.2) is 0 Å². The van der Waals surface area contributed by atoms with Gasteiger partial charge in [0, 0.05) is 13.0 Å². The fourth-order valence-corrected chi connectivity index (χ4v) is 1.48. The molecule has 0 heterocycles. The molecule has 3 heteroatoms. The molecule has 2 nitrogen and oxygen atoms in total. The molecule has 0 saturated heterocycles. The molecule has 0 aromatic carbocycles. The topological polar surface area (TPSA) is 29.1 Å². The van der Waals surface area contributed by atoms with Crippen molar-refractivity contribution in [1.29, 1.82) is 0 Å². The number of unbranched alkanes of at least 4 members (excludes halogenated alkanes) is 2. The van der Waals surface area contributed by atoms with E-state index in [9.17, 15) is 4.79 Å². The van der Waals surface area contributed by atoms with Crippen LogP contribution in [0.3, 0.4) is 0 Å². The summed E-state index contributed by atoms with van der Waals surface area (Å²) in [4.78, 5) is 11.0. The lowest BCUT2D eigenvalue weighted by Gasteiger charge is -2.02. The van der Waals surface area contributed by atoms with Gasteiger partial charge in [0.15, 0.2) is 0 Å². The summed E-state index contributed by atoms with van der Waals surface area (Å²) in [5.41, 5.74) is 0. The van der Waals surface area contributed by atoms with Crippen LogP contribution in [-0.4, -0.2) is 16.9 Å². The Balaban J connectivity index is 3.03. The predicted molar refractivity (Wildman–Crippen MR) is 60.7 cm³/mol. The number of amides is 1. The largest absolute Gasteiger partial charge is 0.356 e. The van der Waals surface area contributed by atoms with Gasteiger partial charge < -0.3 is 5.32 Å². The molecular weight excluding hydrogens is 265 g/mol. The van der Waals surface area contributed by atoms with Gasteiger partial charge in [-0.2, -0.15) is 0 Å². The van der Waals surface area contributed by atoms with Crippen molar-refractivity contribution in [3.8, 4) is 0 Å². The van der Waals surface area contributed by atoms with E-state index >= 15 is 0 Å². The van der Waals surface area contributed by atoms with Gasteiger partial charge in [-0.25, -0.2) is 0 Å². The lowest BCUT2D eigenvalue weighted by atomic mass is 10.2. The monoisotopic (exact) mass is 283 g/mol. The van der Waals surface area contributed by atoms with Crippen LogP contribution in [0.1, 0.15) is 39.0 Å². The van der Waals surface area contributed by atoms with Crippen LogP contribution >= 0.6 is 22.6 Å². The second kappa shape index (κ2) is 9.29. The van der Waals surface area contributed by atoms with Gasteiger partial charge in [0.2, 0.25) is 5.91 Å². The Hall–Kier alpha value is 0.200. The van der Waals surface area contributed by atoms with Crippen molar-refractivity contribution in [2.45, 2.75) is 39.0 Å². The number of halogens is 1. The standard InChI is InChI=1S/C9H18INO/c1-2-6-9(12)11-8-5-3-4-7-10/h2-8H2,1H3,(H,11,12). The fourth-order valence-electron chi connectivity index (χ4n) is 0.940. The minimum atomic E-state index is 0.201. The third kappa shape index (κ3) is 8.30. The first kappa shape index (κ1) is 12.2. The van der Waals surface area contributed by atoms with E-state index in [0.29, 0.717) is 6.42 Å². The molecule has 0 aliphatic heterocycles. The van der Waals surface area contributed by atoms with Gasteiger partial charge in [0.25, 0.3) is 0 Å².